The van der Waals surface area contributed by atoms with Crippen LogP contribution in [0.1, 0.15) is 40.7 Å². The van der Waals surface area contributed by atoms with Gasteiger partial charge in [0.1, 0.15) is 5.82 Å². The molecular weight excluding hydrogens is 450 g/mol. The minimum absolute atomic E-state index is 0.245. The first-order chi connectivity index (χ1) is 12.5. The van der Waals surface area contributed by atoms with Crippen LogP contribution in [0.4, 0.5) is 4.39 Å². The average Bonchev–Trinajstić information content (AvgIpc) is 2.62. The number of aliphatic hydroxyl groups excluding tert-OH is 2. The van der Waals surface area contributed by atoms with Crippen molar-refractivity contribution in [1.29, 1.82) is 0 Å². The van der Waals surface area contributed by atoms with Gasteiger partial charge in [-0.3, -0.25) is 9.78 Å². The van der Waals surface area contributed by atoms with E-state index in [9.17, 15) is 19.4 Å². The Morgan fingerprint density at radius 1 is 1.27 bits per heavy atom. The number of aliphatic hydroxyl groups is 2. The number of nitrogens with zero attached hydrogens (tertiary/aromatic N) is 1. The Hall–Kier alpha value is -1.58. The Labute approximate surface area is 164 Å². The molecular formula is C19H20FIN2O3. The summed E-state index contributed by atoms with van der Waals surface area (Å²) in [6, 6.07) is 6.05. The zero-order valence-electron chi connectivity index (χ0n) is 14.0. The van der Waals surface area contributed by atoms with E-state index in [0.717, 1.165) is 9.99 Å². The molecule has 0 saturated heterocycles. The number of carbonyl (C=O) groups excluding carboxylic acids is 1. The van der Waals surface area contributed by atoms with Crippen molar-refractivity contribution in [3.63, 3.8) is 0 Å². The molecule has 1 fully saturated rings. The molecule has 138 valence electrons. The van der Waals surface area contributed by atoms with E-state index in [0.29, 0.717) is 29.5 Å². The SMILES string of the molecule is O=C(N[C@H]1CCC[C@H](O)[C@@H]1O)c1ccncc1Cc1ccc(I)cc1F. The van der Waals surface area contributed by atoms with Crippen molar-refractivity contribution in [3.8, 4) is 0 Å². The second kappa shape index (κ2) is 8.41. The molecule has 0 radical (unpaired) electrons. The quantitative estimate of drug-likeness (QED) is 0.600. The lowest BCUT2D eigenvalue weighted by Gasteiger charge is -2.32. The molecule has 3 N–H and O–H groups in total. The molecule has 1 aromatic heterocycles. The molecule has 1 aliphatic carbocycles. The molecule has 3 atom stereocenters. The first kappa shape index (κ1) is 19.2. The first-order valence-electron chi connectivity index (χ1n) is 8.49. The van der Waals surface area contributed by atoms with Gasteiger partial charge >= 0.3 is 0 Å². The maximum Gasteiger partial charge on any atom is 0.251 e. The largest absolute Gasteiger partial charge is 0.390 e. The predicted octanol–water partition coefficient (Wildman–Crippen LogP) is 2.42. The number of hydrogen-bond donors (Lipinski definition) is 3. The normalized spacial score (nSPS) is 22.8. The Bertz CT molecular complexity index is 802. The maximum absolute atomic E-state index is 14.1. The van der Waals surface area contributed by atoms with Crippen LogP contribution in [0.15, 0.2) is 36.7 Å². The molecule has 2 aromatic rings. The van der Waals surface area contributed by atoms with E-state index in [4.69, 9.17) is 0 Å². The number of hydrogen-bond acceptors (Lipinski definition) is 4. The Morgan fingerprint density at radius 3 is 2.85 bits per heavy atom. The maximum atomic E-state index is 14.1. The summed E-state index contributed by atoms with van der Waals surface area (Å²) >= 11 is 2.04. The van der Waals surface area contributed by atoms with E-state index in [1.165, 1.54) is 12.3 Å². The summed E-state index contributed by atoms with van der Waals surface area (Å²) in [6.45, 7) is 0. The summed E-state index contributed by atoms with van der Waals surface area (Å²) < 4.78 is 15.0. The van der Waals surface area contributed by atoms with E-state index < -0.39 is 18.2 Å². The molecule has 1 heterocycles. The third-order valence-corrected chi connectivity index (χ3v) is 5.35. The summed E-state index contributed by atoms with van der Waals surface area (Å²) in [6.07, 6.45) is 3.37. The van der Waals surface area contributed by atoms with Gasteiger partial charge in [0.05, 0.1) is 18.2 Å². The second-order valence-electron chi connectivity index (χ2n) is 6.51. The van der Waals surface area contributed by atoms with Gasteiger partial charge in [0.2, 0.25) is 0 Å². The Morgan fingerprint density at radius 2 is 2.08 bits per heavy atom. The van der Waals surface area contributed by atoms with Gasteiger partial charge in [0.25, 0.3) is 5.91 Å². The molecule has 5 nitrogen and oxygen atoms in total. The summed E-state index contributed by atoms with van der Waals surface area (Å²) in [5, 5.41) is 22.6. The third kappa shape index (κ3) is 4.39. The zero-order chi connectivity index (χ0) is 18.7. The fraction of sp³-hybridized carbons (Fsp3) is 0.368. The summed E-state index contributed by atoms with van der Waals surface area (Å²) in [4.78, 5) is 16.7. The lowest BCUT2D eigenvalue weighted by molar-refractivity contribution is -0.0278. The van der Waals surface area contributed by atoms with Crippen LogP contribution in [0.3, 0.4) is 0 Å². The second-order valence-corrected chi connectivity index (χ2v) is 7.76. The average molecular weight is 470 g/mol. The van der Waals surface area contributed by atoms with Crippen LogP contribution in [0.2, 0.25) is 0 Å². The van der Waals surface area contributed by atoms with Gasteiger partial charge < -0.3 is 15.5 Å². The lowest BCUT2D eigenvalue weighted by atomic mass is 9.89. The number of halogens is 2. The van der Waals surface area contributed by atoms with Crippen molar-refractivity contribution in [2.75, 3.05) is 0 Å². The third-order valence-electron chi connectivity index (χ3n) is 4.68. The molecule has 0 bridgehead atoms. The molecule has 1 saturated carbocycles. The highest BCUT2D eigenvalue weighted by atomic mass is 127. The molecule has 0 aliphatic heterocycles. The van der Waals surface area contributed by atoms with Crippen LogP contribution < -0.4 is 5.32 Å². The fourth-order valence-corrected chi connectivity index (χ4v) is 3.67. The van der Waals surface area contributed by atoms with Crippen LogP contribution in [0.5, 0.6) is 0 Å². The van der Waals surface area contributed by atoms with Crippen LogP contribution >= 0.6 is 22.6 Å². The zero-order valence-corrected chi connectivity index (χ0v) is 16.2. The van der Waals surface area contributed by atoms with Crippen LogP contribution in [-0.4, -0.2) is 39.4 Å². The van der Waals surface area contributed by atoms with E-state index in [-0.39, 0.29) is 18.1 Å². The number of rotatable bonds is 4. The molecule has 0 spiro atoms. The standard InChI is InChI=1S/C19H20FIN2O3/c20-15-9-13(21)5-4-11(15)8-12-10-22-7-6-14(12)19(26)23-16-2-1-3-17(24)18(16)25/h4-7,9-10,16-18,24-25H,1-3,8H2,(H,23,26)/t16-,17-,18+/m0/s1. The number of nitrogens with one attached hydrogen (secondary N) is 1. The van der Waals surface area contributed by atoms with Gasteiger partial charge in [-0.15, -0.1) is 0 Å². The van der Waals surface area contributed by atoms with E-state index in [1.807, 2.05) is 28.7 Å². The van der Waals surface area contributed by atoms with Gasteiger partial charge in [-0.05, 0) is 71.2 Å². The van der Waals surface area contributed by atoms with E-state index in [1.54, 1.807) is 18.3 Å². The minimum Gasteiger partial charge on any atom is -0.390 e. The van der Waals surface area contributed by atoms with Crippen molar-refractivity contribution >= 4 is 28.5 Å². The van der Waals surface area contributed by atoms with Gasteiger partial charge in [-0.25, -0.2) is 4.39 Å². The number of pyridine rings is 1. The van der Waals surface area contributed by atoms with Gasteiger partial charge in [0, 0.05) is 27.9 Å². The molecule has 1 amide bonds. The van der Waals surface area contributed by atoms with Gasteiger partial charge in [-0.2, -0.15) is 0 Å². The van der Waals surface area contributed by atoms with Gasteiger partial charge in [0.15, 0.2) is 0 Å². The van der Waals surface area contributed by atoms with Crippen LogP contribution in [0.25, 0.3) is 0 Å². The smallest absolute Gasteiger partial charge is 0.251 e. The minimum atomic E-state index is -0.980. The molecule has 0 unspecified atom stereocenters. The van der Waals surface area contributed by atoms with Crippen LogP contribution in [-0.2, 0) is 6.42 Å². The monoisotopic (exact) mass is 470 g/mol. The summed E-state index contributed by atoms with van der Waals surface area (Å²) in [5.41, 5.74) is 1.49. The molecule has 1 aromatic carbocycles. The molecule has 7 heteroatoms. The molecule has 26 heavy (non-hydrogen) atoms. The Kier molecular flexibility index (Phi) is 6.20. The fourth-order valence-electron chi connectivity index (χ4n) is 3.22. The van der Waals surface area contributed by atoms with Crippen LogP contribution in [0, 0.1) is 9.39 Å². The summed E-state index contributed by atoms with van der Waals surface area (Å²) in [5.74, 6) is -0.676. The highest BCUT2D eigenvalue weighted by molar-refractivity contribution is 14.1. The summed E-state index contributed by atoms with van der Waals surface area (Å²) in [7, 11) is 0. The highest BCUT2D eigenvalue weighted by Crippen LogP contribution is 2.21. The highest BCUT2D eigenvalue weighted by Gasteiger charge is 2.32. The number of aromatic nitrogens is 1. The van der Waals surface area contributed by atoms with Crippen molar-refractivity contribution in [2.45, 2.75) is 43.9 Å². The Balaban J connectivity index is 1.79. The molecule has 3 rings (SSSR count). The van der Waals surface area contributed by atoms with Crippen molar-refractivity contribution in [3.05, 3.63) is 62.7 Å². The first-order valence-corrected chi connectivity index (χ1v) is 9.57. The van der Waals surface area contributed by atoms with Crippen molar-refractivity contribution in [2.24, 2.45) is 0 Å². The number of amides is 1. The lowest BCUT2D eigenvalue weighted by Crippen LogP contribution is -2.51. The topological polar surface area (TPSA) is 82.5 Å². The number of benzene rings is 1. The van der Waals surface area contributed by atoms with E-state index >= 15 is 0 Å². The van der Waals surface area contributed by atoms with Gasteiger partial charge in [-0.1, -0.05) is 6.07 Å². The van der Waals surface area contributed by atoms with Crippen molar-refractivity contribution < 1.29 is 19.4 Å². The molecule has 1 aliphatic rings. The predicted molar refractivity (Wildman–Crippen MR) is 103 cm³/mol. The number of carbonyl (C=O) groups is 1. The van der Waals surface area contributed by atoms with E-state index in [2.05, 4.69) is 10.3 Å². The van der Waals surface area contributed by atoms with Crippen molar-refractivity contribution in [1.82, 2.24) is 10.3 Å².